The predicted octanol–water partition coefficient (Wildman–Crippen LogP) is 4.88. The topological polar surface area (TPSA) is 92.0 Å². The summed E-state index contributed by atoms with van der Waals surface area (Å²) in [6.07, 6.45) is 1.25. The number of hydrogen-bond donors (Lipinski definition) is 1. The van der Waals surface area contributed by atoms with Gasteiger partial charge in [-0.3, -0.25) is 19.8 Å². The van der Waals surface area contributed by atoms with Crippen molar-refractivity contribution in [1.29, 1.82) is 0 Å². The molecular formula is C20H19F3N6O. The van der Waals surface area contributed by atoms with Gasteiger partial charge in [-0.05, 0) is 37.1 Å². The fraction of sp³-hybridized carbons (Fsp3) is 0.300. The lowest BCUT2D eigenvalue weighted by Crippen LogP contribution is -2.11. The zero-order valence-corrected chi connectivity index (χ0v) is 16.1. The largest absolute Gasteiger partial charge is 0.417 e. The lowest BCUT2D eigenvalue weighted by molar-refractivity contribution is -0.137. The molecule has 1 amide bonds. The normalized spacial score (nSPS) is 16.1. The molecule has 3 rings (SSSR count). The molecule has 0 atom stereocenters. The summed E-state index contributed by atoms with van der Waals surface area (Å²) in [4.78, 5) is 24.1. The monoisotopic (exact) mass is 416 g/mol. The second-order valence-corrected chi connectivity index (χ2v) is 6.44. The van der Waals surface area contributed by atoms with Crippen LogP contribution in [0, 0.1) is 0 Å². The second kappa shape index (κ2) is 9.38. The van der Waals surface area contributed by atoms with Gasteiger partial charge in [-0.25, -0.2) is 0 Å². The molecule has 7 nitrogen and oxygen atoms in total. The van der Waals surface area contributed by atoms with Gasteiger partial charge in [0.1, 0.15) is 11.4 Å². The number of halogens is 3. The average molecular weight is 416 g/mol. The molecule has 0 fully saturated rings. The van der Waals surface area contributed by atoms with E-state index in [1.165, 1.54) is 12.3 Å². The van der Waals surface area contributed by atoms with Crippen molar-refractivity contribution in [3.05, 3.63) is 59.7 Å². The van der Waals surface area contributed by atoms with Crippen molar-refractivity contribution in [1.82, 2.24) is 9.97 Å². The van der Waals surface area contributed by atoms with Crippen LogP contribution in [0.5, 0.6) is 0 Å². The zero-order valence-electron chi connectivity index (χ0n) is 16.1. The maximum atomic E-state index is 12.7. The van der Waals surface area contributed by atoms with E-state index in [1.807, 2.05) is 6.92 Å². The summed E-state index contributed by atoms with van der Waals surface area (Å²) in [5, 5.41) is 10.9. The van der Waals surface area contributed by atoms with E-state index in [-0.39, 0.29) is 11.6 Å². The SMILES string of the molecule is CCCC(=O)Nc1ccc(C2=NCC/C=C(/c3ccc(C(F)(F)F)cn3)N=N2)nc1. The molecule has 1 aliphatic heterocycles. The molecule has 0 aliphatic carbocycles. The van der Waals surface area contributed by atoms with Gasteiger partial charge in [0.05, 0.1) is 23.1 Å². The summed E-state index contributed by atoms with van der Waals surface area (Å²) < 4.78 is 38.1. The molecule has 0 saturated heterocycles. The number of amidine groups is 1. The standard InChI is InChI=1S/C20H19F3N6O/c1-2-4-18(30)27-14-7-9-17(26-12-14)19-24-10-3-5-16(28-29-19)15-8-6-13(11-25-15)20(21,22)23/h5-9,11-12H,2-4,10H2,1H3,(H,27,30)/b16-5-,24-19?,29-28?. The molecular weight excluding hydrogens is 397 g/mol. The number of carbonyl (C=O) groups excluding carboxylic acids is 1. The number of nitrogens with one attached hydrogen (secondary N) is 1. The molecule has 2 aromatic heterocycles. The van der Waals surface area contributed by atoms with Crippen molar-refractivity contribution in [3.63, 3.8) is 0 Å². The van der Waals surface area contributed by atoms with Gasteiger partial charge in [0.15, 0.2) is 5.84 Å². The van der Waals surface area contributed by atoms with Crippen LogP contribution in [-0.4, -0.2) is 28.3 Å². The van der Waals surface area contributed by atoms with E-state index in [0.717, 1.165) is 18.7 Å². The number of anilines is 1. The van der Waals surface area contributed by atoms with Crippen molar-refractivity contribution in [2.75, 3.05) is 11.9 Å². The van der Waals surface area contributed by atoms with Gasteiger partial charge in [-0.1, -0.05) is 13.0 Å². The van der Waals surface area contributed by atoms with Gasteiger partial charge in [0.2, 0.25) is 5.91 Å². The third-order valence-electron chi connectivity index (χ3n) is 4.09. The van der Waals surface area contributed by atoms with Gasteiger partial charge in [-0.15, -0.1) is 10.2 Å². The van der Waals surface area contributed by atoms with Crippen LogP contribution in [-0.2, 0) is 11.0 Å². The van der Waals surface area contributed by atoms with E-state index in [4.69, 9.17) is 0 Å². The first-order chi connectivity index (χ1) is 14.4. The van der Waals surface area contributed by atoms with Gasteiger partial charge in [-0.2, -0.15) is 13.2 Å². The second-order valence-electron chi connectivity index (χ2n) is 6.44. The number of hydrogen-bond acceptors (Lipinski definition) is 6. The van der Waals surface area contributed by atoms with Crippen LogP contribution >= 0.6 is 0 Å². The number of aliphatic imine (C=N–C) groups is 1. The molecule has 0 unspecified atom stereocenters. The molecule has 1 aliphatic rings. The van der Waals surface area contributed by atoms with Crippen LogP contribution < -0.4 is 5.32 Å². The minimum atomic E-state index is -4.45. The van der Waals surface area contributed by atoms with Crippen LogP contribution in [0.3, 0.4) is 0 Å². The van der Waals surface area contributed by atoms with Crippen LogP contribution in [0.1, 0.15) is 43.1 Å². The summed E-state index contributed by atoms with van der Waals surface area (Å²) in [7, 11) is 0. The van der Waals surface area contributed by atoms with Gasteiger partial charge < -0.3 is 5.32 Å². The summed E-state index contributed by atoms with van der Waals surface area (Å²) in [6.45, 7) is 2.33. The minimum absolute atomic E-state index is 0.0890. The lowest BCUT2D eigenvalue weighted by Gasteiger charge is -2.08. The van der Waals surface area contributed by atoms with Gasteiger partial charge >= 0.3 is 6.18 Å². The number of pyridine rings is 2. The van der Waals surface area contributed by atoms with E-state index in [2.05, 4.69) is 30.5 Å². The summed E-state index contributed by atoms with van der Waals surface area (Å²) in [6, 6.07) is 5.58. The highest BCUT2D eigenvalue weighted by Gasteiger charge is 2.30. The van der Waals surface area contributed by atoms with Crippen molar-refractivity contribution >= 4 is 23.1 Å². The Kier molecular flexibility index (Phi) is 6.65. The van der Waals surface area contributed by atoms with E-state index in [1.54, 1.807) is 18.2 Å². The third-order valence-corrected chi connectivity index (χ3v) is 4.09. The Labute approximate surface area is 170 Å². The minimum Gasteiger partial charge on any atom is -0.325 e. The number of nitrogens with zero attached hydrogens (tertiary/aromatic N) is 5. The highest BCUT2D eigenvalue weighted by Crippen LogP contribution is 2.29. The van der Waals surface area contributed by atoms with Crippen molar-refractivity contribution < 1.29 is 18.0 Å². The molecule has 1 N–H and O–H groups in total. The maximum absolute atomic E-state index is 12.7. The number of rotatable bonds is 5. The molecule has 30 heavy (non-hydrogen) atoms. The van der Waals surface area contributed by atoms with Crippen LogP contribution in [0.2, 0.25) is 0 Å². The smallest absolute Gasteiger partial charge is 0.325 e. The highest BCUT2D eigenvalue weighted by molar-refractivity contribution is 5.98. The molecule has 0 radical (unpaired) electrons. The first-order valence-corrected chi connectivity index (χ1v) is 9.33. The maximum Gasteiger partial charge on any atom is 0.417 e. The Morgan fingerprint density at radius 2 is 1.83 bits per heavy atom. The lowest BCUT2D eigenvalue weighted by atomic mass is 10.2. The Bertz CT molecular complexity index is 979. The quantitative estimate of drug-likeness (QED) is 0.753. The molecule has 0 saturated carbocycles. The summed E-state index contributed by atoms with van der Waals surface area (Å²) in [5.41, 5.74) is 0.853. The van der Waals surface area contributed by atoms with Crippen LogP contribution in [0.25, 0.3) is 5.70 Å². The predicted molar refractivity (Wildman–Crippen MR) is 106 cm³/mol. The van der Waals surface area contributed by atoms with E-state index < -0.39 is 11.7 Å². The number of azo groups is 1. The fourth-order valence-electron chi connectivity index (χ4n) is 2.60. The molecule has 2 aromatic rings. The summed E-state index contributed by atoms with van der Waals surface area (Å²) >= 11 is 0. The Morgan fingerprint density at radius 3 is 2.47 bits per heavy atom. The van der Waals surface area contributed by atoms with Crippen molar-refractivity contribution in [2.45, 2.75) is 32.4 Å². The Morgan fingerprint density at radius 1 is 1.07 bits per heavy atom. The fourth-order valence-corrected chi connectivity index (χ4v) is 2.60. The van der Waals surface area contributed by atoms with Crippen molar-refractivity contribution in [2.24, 2.45) is 15.2 Å². The van der Waals surface area contributed by atoms with Crippen LogP contribution in [0.15, 0.2) is 58.0 Å². The van der Waals surface area contributed by atoms with Gasteiger partial charge in [0.25, 0.3) is 0 Å². The number of alkyl halides is 3. The van der Waals surface area contributed by atoms with E-state index in [0.29, 0.717) is 42.3 Å². The molecule has 0 bridgehead atoms. The summed E-state index contributed by atoms with van der Waals surface area (Å²) in [5.74, 6) is 0.202. The molecule has 3 heterocycles. The first kappa shape index (κ1) is 21.3. The van der Waals surface area contributed by atoms with Crippen LogP contribution in [0.4, 0.5) is 18.9 Å². The highest BCUT2D eigenvalue weighted by atomic mass is 19.4. The van der Waals surface area contributed by atoms with E-state index in [9.17, 15) is 18.0 Å². The Balaban J connectivity index is 1.75. The number of aromatic nitrogens is 2. The Hall–Kier alpha value is -3.43. The van der Waals surface area contributed by atoms with Gasteiger partial charge in [0, 0.05) is 19.2 Å². The van der Waals surface area contributed by atoms with Crippen molar-refractivity contribution in [3.8, 4) is 0 Å². The molecule has 10 heteroatoms. The average Bonchev–Trinajstić information content (AvgIpc) is 2.69. The van der Waals surface area contributed by atoms with E-state index >= 15 is 0 Å². The zero-order chi connectivity index (χ0) is 21.6. The first-order valence-electron chi connectivity index (χ1n) is 9.33. The third kappa shape index (κ3) is 5.56. The number of carbonyl (C=O) groups is 1. The molecule has 156 valence electrons. The molecule has 0 spiro atoms. The molecule has 0 aromatic carbocycles. The number of amides is 1.